The lowest BCUT2D eigenvalue weighted by atomic mass is 9.98. The smallest absolute Gasteiger partial charge is 0.335 e. The van der Waals surface area contributed by atoms with Crippen molar-refractivity contribution in [3.05, 3.63) is 60.8 Å². The van der Waals surface area contributed by atoms with E-state index in [0.29, 0.717) is 19.3 Å². The predicted octanol–water partition coefficient (Wildman–Crippen LogP) is 16.3. The van der Waals surface area contributed by atoms with Crippen molar-refractivity contribution in [1.82, 2.24) is 0 Å². The Kier molecular flexibility index (Phi) is 49.2. The van der Waals surface area contributed by atoms with Crippen LogP contribution in [0.15, 0.2) is 60.8 Å². The van der Waals surface area contributed by atoms with Gasteiger partial charge in [0.1, 0.15) is 18.8 Å². The topological polar surface area (TPSA) is 175 Å². The summed E-state index contributed by atoms with van der Waals surface area (Å²) in [7, 11) is 0. The molecule has 0 aromatic heterocycles. The Balaban J connectivity index is 2.69. The highest BCUT2D eigenvalue weighted by Gasteiger charge is 2.50. The molecule has 0 bridgehead atoms. The van der Waals surface area contributed by atoms with E-state index in [1.165, 1.54) is 148 Å². The molecule has 0 aromatic rings. The first-order chi connectivity index (χ1) is 37.6. The van der Waals surface area contributed by atoms with E-state index in [0.717, 1.165) is 70.6 Å². The van der Waals surface area contributed by atoms with Crippen LogP contribution in [0.4, 0.5) is 0 Å². The van der Waals surface area contributed by atoms with Crippen LogP contribution in [0.25, 0.3) is 0 Å². The Morgan fingerprint density at radius 3 is 1.19 bits per heavy atom. The summed E-state index contributed by atoms with van der Waals surface area (Å²) in [5, 5.41) is 31.5. The lowest BCUT2D eigenvalue weighted by molar-refractivity contribution is -0.301. The first-order valence-corrected chi connectivity index (χ1v) is 31.3. The Labute approximate surface area is 468 Å². The third kappa shape index (κ3) is 43.0. The van der Waals surface area contributed by atoms with Crippen LogP contribution in [0.3, 0.4) is 0 Å². The molecule has 0 amide bonds. The zero-order chi connectivity index (χ0) is 56.1. The number of hydrogen-bond acceptors (Lipinski definition) is 11. The van der Waals surface area contributed by atoms with E-state index in [-0.39, 0.29) is 25.9 Å². The number of carbonyl (C=O) groups is 4. The van der Waals surface area contributed by atoms with Crippen molar-refractivity contribution in [2.75, 3.05) is 13.2 Å². The molecule has 0 spiro atoms. The summed E-state index contributed by atoms with van der Waals surface area (Å²) >= 11 is 0. The molecule has 1 saturated heterocycles. The SMILES string of the molecule is CC/C=C\C/C=C\C/C=C\C/C=C\C/C=C\CC(=O)OC(COC(=O)CCCCCCCCCCCCCCCCCCCCC)COC1OC(C(=O)O)C(O)C(O)C1OC(=O)CCCCCCCCCCCCCCC. The van der Waals surface area contributed by atoms with Crippen molar-refractivity contribution in [2.45, 2.75) is 314 Å². The second-order valence-electron chi connectivity index (χ2n) is 21.3. The minimum absolute atomic E-state index is 0.0532. The van der Waals surface area contributed by atoms with Crippen molar-refractivity contribution >= 4 is 23.9 Å². The van der Waals surface area contributed by atoms with Gasteiger partial charge in [-0.2, -0.15) is 0 Å². The first kappa shape index (κ1) is 71.4. The maximum Gasteiger partial charge on any atom is 0.335 e. The summed E-state index contributed by atoms with van der Waals surface area (Å²) in [6.45, 7) is 5.82. The number of esters is 3. The van der Waals surface area contributed by atoms with Gasteiger partial charge in [0.2, 0.25) is 0 Å². The molecule has 0 aromatic carbocycles. The van der Waals surface area contributed by atoms with Crippen molar-refractivity contribution in [3.63, 3.8) is 0 Å². The minimum atomic E-state index is -1.91. The summed E-state index contributed by atoms with van der Waals surface area (Å²) in [5.74, 6) is -3.27. The molecule has 0 aliphatic carbocycles. The van der Waals surface area contributed by atoms with Gasteiger partial charge >= 0.3 is 23.9 Å². The van der Waals surface area contributed by atoms with Gasteiger partial charge in [0.15, 0.2) is 24.6 Å². The summed E-state index contributed by atoms with van der Waals surface area (Å²) in [6.07, 6.45) is 53.7. The van der Waals surface area contributed by atoms with Gasteiger partial charge in [-0.15, -0.1) is 0 Å². The van der Waals surface area contributed by atoms with E-state index in [2.05, 4.69) is 63.3 Å². The van der Waals surface area contributed by atoms with Crippen molar-refractivity contribution < 1.29 is 58.2 Å². The molecule has 1 fully saturated rings. The molecule has 12 heteroatoms. The Hall–Kier alpha value is -3.58. The number of carboxylic acids is 1. The standard InChI is InChI=1S/C65H112O12/c1-4-7-10-13-16-19-22-25-27-28-29-30-32-34-36-39-42-45-48-51-57(66)73-54-56(75-58(67)52-49-46-43-40-38-35-31-26-23-20-17-14-11-8-5-2)55-74-65-63(61(70)60(69)62(77-65)64(71)72)76-59(68)53-50-47-44-41-37-33-24-21-18-15-12-9-6-3/h8,11,17,20,26,31,38,40,46,49,56,60-63,65,69-70H,4-7,9-10,12-16,18-19,21-25,27-30,32-37,39,41-45,47-48,50-55H2,1-3H3,(H,71,72)/b11-8-,20-17-,31-26-,40-38-,49-46-. The summed E-state index contributed by atoms with van der Waals surface area (Å²) in [6, 6.07) is 0. The minimum Gasteiger partial charge on any atom is -0.479 e. The molecule has 1 aliphatic rings. The molecule has 3 N–H and O–H groups in total. The number of hydrogen-bond donors (Lipinski definition) is 3. The van der Waals surface area contributed by atoms with Crippen molar-refractivity contribution in [2.24, 2.45) is 0 Å². The molecule has 77 heavy (non-hydrogen) atoms. The van der Waals surface area contributed by atoms with Gasteiger partial charge in [0.25, 0.3) is 0 Å². The largest absolute Gasteiger partial charge is 0.479 e. The van der Waals surface area contributed by atoms with Crippen molar-refractivity contribution in [3.8, 4) is 0 Å². The zero-order valence-corrected chi connectivity index (χ0v) is 49.0. The monoisotopic (exact) mass is 1080 g/mol. The van der Waals surface area contributed by atoms with E-state index in [9.17, 15) is 34.5 Å². The zero-order valence-electron chi connectivity index (χ0n) is 49.0. The van der Waals surface area contributed by atoms with Gasteiger partial charge in [-0.1, -0.05) is 274 Å². The molecule has 1 aliphatic heterocycles. The summed E-state index contributed by atoms with van der Waals surface area (Å²) in [4.78, 5) is 51.1. The number of aliphatic carboxylic acids is 1. The van der Waals surface area contributed by atoms with Gasteiger partial charge < -0.3 is 39.0 Å². The number of aliphatic hydroxyl groups is 2. The highest BCUT2D eigenvalue weighted by Crippen LogP contribution is 2.27. The highest BCUT2D eigenvalue weighted by molar-refractivity contribution is 5.74. The van der Waals surface area contributed by atoms with Crippen LogP contribution in [-0.4, -0.2) is 89.2 Å². The van der Waals surface area contributed by atoms with E-state index < -0.39 is 67.3 Å². The third-order valence-electron chi connectivity index (χ3n) is 14.1. The van der Waals surface area contributed by atoms with Gasteiger partial charge in [-0.3, -0.25) is 14.4 Å². The van der Waals surface area contributed by atoms with E-state index >= 15 is 0 Å². The van der Waals surface area contributed by atoms with Crippen LogP contribution in [0.2, 0.25) is 0 Å². The maximum absolute atomic E-state index is 13.1. The number of allylic oxidation sites excluding steroid dienone is 9. The molecule has 6 unspecified atom stereocenters. The lowest BCUT2D eigenvalue weighted by Crippen LogP contribution is -2.61. The van der Waals surface area contributed by atoms with Gasteiger partial charge in [0.05, 0.1) is 13.0 Å². The van der Waals surface area contributed by atoms with Crippen LogP contribution >= 0.6 is 0 Å². The fourth-order valence-corrected chi connectivity index (χ4v) is 9.39. The fourth-order valence-electron chi connectivity index (χ4n) is 9.39. The van der Waals surface area contributed by atoms with E-state index in [1.54, 1.807) is 6.08 Å². The average molecular weight is 1090 g/mol. The highest BCUT2D eigenvalue weighted by atomic mass is 16.7. The molecular formula is C65H112O12. The average Bonchev–Trinajstić information content (AvgIpc) is 3.41. The number of rotatable bonds is 53. The van der Waals surface area contributed by atoms with Crippen LogP contribution in [0, 0.1) is 0 Å². The Morgan fingerprint density at radius 1 is 0.442 bits per heavy atom. The number of carbonyl (C=O) groups excluding carboxylic acids is 3. The molecule has 12 nitrogen and oxygen atoms in total. The van der Waals surface area contributed by atoms with E-state index in [1.807, 2.05) is 12.2 Å². The van der Waals surface area contributed by atoms with Gasteiger partial charge in [0, 0.05) is 12.8 Å². The normalized spacial score (nSPS) is 18.4. The molecular weight excluding hydrogens is 973 g/mol. The molecule has 1 rings (SSSR count). The second kappa shape index (κ2) is 53.1. The fraction of sp³-hybridized carbons (Fsp3) is 0.785. The van der Waals surface area contributed by atoms with Gasteiger partial charge in [-0.25, -0.2) is 4.79 Å². The van der Waals surface area contributed by atoms with Crippen LogP contribution in [0.1, 0.15) is 278 Å². The first-order valence-electron chi connectivity index (χ1n) is 31.3. The molecule has 0 radical (unpaired) electrons. The molecule has 6 atom stereocenters. The summed E-state index contributed by atoms with van der Waals surface area (Å²) in [5.41, 5.74) is 0. The van der Waals surface area contributed by atoms with Crippen LogP contribution in [0.5, 0.6) is 0 Å². The van der Waals surface area contributed by atoms with Crippen LogP contribution < -0.4 is 0 Å². The number of ether oxygens (including phenoxy) is 5. The predicted molar refractivity (Wildman–Crippen MR) is 312 cm³/mol. The Bertz CT molecular complexity index is 1570. The molecule has 0 saturated carbocycles. The van der Waals surface area contributed by atoms with Crippen LogP contribution in [-0.2, 0) is 42.9 Å². The second-order valence-corrected chi connectivity index (χ2v) is 21.3. The third-order valence-corrected chi connectivity index (χ3v) is 14.1. The maximum atomic E-state index is 13.1. The van der Waals surface area contributed by atoms with Gasteiger partial charge in [-0.05, 0) is 44.9 Å². The Morgan fingerprint density at radius 2 is 0.805 bits per heavy atom. The van der Waals surface area contributed by atoms with Crippen molar-refractivity contribution in [1.29, 1.82) is 0 Å². The molecule has 1 heterocycles. The summed E-state index contributed by atoms with van der Waals surface area (Å²) < 4.78 is 28.3. The molecule has 444 valence electrons. The number of unbranched alkanes of at least 4 members (excludes halogenated alkanes) is 30. The quantitative estimate of drug-likeness (QED) is 0.0228. The number of aliphatic hydroxyl groups excluding tert-OH is 2. The van der Waals surface area contributed by atoms with E-state index in [4.69, 9.17) is 23.7 Å². The number of carboxylic acid groups (broad SMARTS) is 1. The lowest BCUT2D eigenvalue weighted by Gasteiger charge is -2.40.